The fourth-order valence-electron chi connectivity index (χ4n) is 11.3. The second-order valence-electron chi connectivity index (χ2n) is 18.2. The maximum atomic E-state index is 7.07. The molecule has 0 saturated heterocycles. The van der Waals surface area contributed by atoms with Crippen LogP contribution >= 0.6 is 11.3 Å². The summed E-state index contributed by atoms with van der Waals surface area (Å²) in [6.45, 7) is 2.34. The monoisotopic (exact) mass is 862 g/mol. The molecule has 4 nitrogen and oxygen atoms in total. The SMILES string of the molecule is CC1CC=C2/C(=C(/c3ccc4c(c3)oc3ccccc34)N=C1c1ccc3c(c1)sc1ccccc13)Cc1ccc3c4cc5ccccc5cc4n(c3c1)-c1c2ccc2c1oc1ccccc12. The summed E-state index contributed by atoms with van der Waals surface area (Å²) >= 11 is 1.86. The highest BCUT2D eigenvalue weighted by molar-refractivity contribution is 7.25. The number of benzene rings is 9. The van der Waals surface area contributed by atoms with E-state index in [1.165, 1.54) is 63.9 Å². The first-order valence-electron chi connectivity index (χ1n) is 22.9. The number of aliphatic imine (C=N–C) groups is 1. The van der Waals surface area contributed by atoms with E-state index in [1.807, 2.05) is 17.4 Å². The molecule has 2 bridgehead atoms. The maximum absolute atomic E-state index is 7.07. The van der Waals surface area contributed by atoms with E-state index in [0.717, 1.165) is 89.6 Å². The zero-order chi connectivity index (χ0) is 43.2. The highest BCUT2D eigenvalue weighted by Crippen LogP contribution is 2.48. The Hall–Kier alpha value is -7.99. The molecular formula is C61H38N2O2S. The summed E-state index contributed by atoms with van der Waals surface area (Å²) in [4.78, 5) is 5.98. The van der Waals surface area contributed by atoms with Crippen LogP contribution in [0, 0.1) is 5.92 Å². The van der Waals surface area contributed by atoms with Crippen molar-refractivity contribution in [3.63, 3.8) is 0 Å². The molecule has 1 atom stereocenters. The van der Waals surface area contributed by atoms with E-state index in [2.05, 4.69) is 187 Å². The van der Waals surface area contributed by atoms with Crippen LogP contribution in [0.3, 0.4) is 0 Å². The number of rotatable bonds is 2. The average Bonchev–Trinajstić information content (AvgIpc) is 4.11. The smallest absolute Gasteiger partial charge is 0.160 e. The van der Waals surface area contributed by atoms with Crippen molar-refractivity contribution >= 4 is 125 Å². The van der Waals surface area contributed by atoms with Crippen molar-refractivity contribution in [1.29, 1.82) is 0 Å². The first-order valence-corrected chi connectivity index (χ1v) is 23.7. The molecule has 1 unspecified atom stereocenters. The zero-order valence-electron chi connectivity index (χ0n) is 35.9. The first kappa shape index (κ1) is 36.4. The molecule has 0 amide bonds. The predicted molar refractivity (Wildman–Crippen MR) is 278 cm³/mol. The highest BCUT2D eigenvalue weighted by Gasteiger charge is 2.30. The van der Waals surface area contributed by atoms with Gasteiger partial charge in [0.1, 0.15) is 16.7 Å². The molecule has 0 N–H and O–H groups in total. The molecule has 4 aromatic heterocycles. The number of allylic oxidation sites excluding steroid dienone is 3. The minimum Gasteiger partial charge on any atom is -0.456 e. The van der Waals surface area contributed by atoms with E-state index in [1.54, 1.807) is 0 Å². The van der Waals surface area contributed by atoms with E-state index >= 15 is 0 Å². The van der Waals surface area contributed by atoms with Crippen LogP contribution in [0.2, 0.25) is 0 Å². The van der Waals surface area contributed by atoms with E-state index in [4.69, 9.17) is 13.8 Å². The van der Waals surface area contributed by atoms with Gasteiger partial charge in [-0.25, -0.2) is 0 Å². The third-order valence-corrected chi connectivity index (χ3v) is 15.6. The Morgan fingerprint density at radius 1 is 0.530 bits per heavy atom. The van der Waals surface area contributed by atoms with Gasteiger partial charge in [0.05, 0.1) is 28.1 Å². The predicted octanol–water partition coefficient (Wildman–Crippen LogP) is 17.0. The van der Waals surface area contributed by atoms with Crippen LogP contribution in [0.15, 0.2) is 201 Å². The molecule has 0 radical (unpaired) electrons. The quantitative estimate of drug-likeness (QED) is 0.174. The summed E-state index contributed by atoms with van der Waals surface area (Å²) in [7, 11) is 0. The number of furan rings is 2. The molecule has 2 aliphatic rings. The summed E-state index contributed by atoms with van der Waals surface area (Å²) in [6.07, 6.45) is 3.99. The summed E-state index contributed by atoms with van der Waals surface area (Å²) in [5.74, 6) is 0.105. The number of aromatic nitrogens is 1. The van der Waals surface area contributed by atoms with E-state index in [-0.39, 0.29) is 5.92 Å². The second kappa shape index (κ2) is 13.5. The number of para-hydroxylation sites is 2. The van der Waals surface area contributed by atoms with Crippen LogP contribution in [-0.2, 0) is 6.42 Å². The zero-order valence-corrected chi connectivity index (χ0v) is 36.7. The maximum Gasteiger partial charge on any atom is 0.160 e. The Balaban J connectivity index is 1.07. The lowest BCUT2D eigenvalue weighted by Crippen LogP contribution is -2.15. The number of nitrogens with zero attached hydrogens (tertiary/aromatic N) is 2. The van der Waals surface area contributed by atoms with Crippen molar-refractivity contribution < 1.29 is 8.83 Å². The summed E-state index contributed by atoms with van der Waals surface area (Å²) < 4.78 is 18.8. The molecule has 2 aliphatic heterocycles. The second-order valence-corrected chi connectivity index (χ2v) is 19.3. The molecule has 0 aliphatic carbocycles. The summed E-state index contributed by atoms with van der Waals surface area (Å²) in [5.41, 5.74) is 15.8. The van der Waals surface area contributed by atoms with Crippen molar-refractivity contribution in [2.24, 2.45) is 10.9 Å². The Bertz CT molecular complexity index is 4370. The third-order valence-electron chi connectivity index (χ3n) is 14.4. The van der Waals surface area contributed by atoms with E-state index in [0.29, 0.717) is 6.42 Å². The molecule has 66 heavy (non-hydrogen) atoms. The fourth-order valence-corrected chi connectivity index (χ4v) is 12.4. The van der Waals surface area contributed by atoms with Gasteiger partial charge in [-0.2, -0.15) is 0 Å². The Kier molecular flexibility index (Phi) is 7.45. The van der Waals surface area contributed by atoms with Gasteiger partial charge in [-0.05, 0) is 100 Å². The molecule has 310 valence electrons. The van der Waals surface area contributed by atoms with Gasteiger partial charge >= 0.3 is 0 Å². The van der Waals surface area contributed by atoms with Crippen LogP contribution in [0.1, 0.15) is 35.6 Å². The van der Waals surface area contributed by atoms with E-state index < -0.39 is 0 Å². The lowest BCUT2D eigenvalue weighted by molar-refractivity contribution is 0.666. The lowest BCUT2D eigenvalue weighted by Gasteiger charge is -2.25. The van der Waals surface area contributed by atoms with Gasteiger partial charge in [0.2, 0.25) is 0 Å². The largest absolute Gasteiger partial charge is 0.456 e. The summed E-state index contributed by atoms with van der Waals surface area (Å²) in [6, 6.07) is 64.4. The van der Waals surface area contributed by atoms with Gasteiger partial charge in [0.25, 0.3) is 0 Å². The number of fused-ring (bicyclic) bond motifs is 19. The number of hydrogen-bond donors (Lipinski definition) is 0. The summed E-state index contributed by atoms with van der Waals surface area (Å²) in [5, 5.41) is 11.9. The van der Waals surface area contributed by atoms with Crippen LogP contribution in [0.5, 0.6) is 0 Å². The molecule has 0 fully saturated rings. The minimum absolute atomic E-state index is 0.105. The normalized spacial score (nSPS) is 16.6. The first-order chi connectivity index (χ1) is 32.6. The van der Waals surface area contributed by atoms with Crippen molar-refractivity contribution in [1.82, 2.24) is 4.57 Å². The van der Waals surface area contributed by atoms with Gasteiger partial charge in [-0.1, -0.05) is 128 Å². The number of thiophene rings is 1. The van der Waals surface area contributed by atoms with Crippen molar-refractivity contribution in [3.8, 4) is 5.69 Å². The van der Waals surface area contributed by atoms with Gasteiger partial charge in [-0.3, -0.25) is 4.99 Å². The lowest BCUT2D eigenvalue weighted by atomic mass is 9.84. The van der Waals surface area contributed by atoms with Gasteiger partial charge in [-0.15, -0.1) is 11.3 Å². The Morgan fingerprint density at radius 2 is 1.20 bits per heavy atom. The molecule has 6 heterocycles. The van der Waals surface area contributed by atoms with E-state index in [9.17, 15) is 0 Å². The Morgan fingerprint density at radius 3 is 2.08 bits per heavy atom. The van der Waals surface area contributed by atoms with Crippen molar-refractivity contribution in [2.45, 2.75) is 19.8 Å². The standard InChI is InChI=1S/C61H38N2O2S/c1-34-18-22-40-47-26-27-48-43-13-5-8-16-54(43)65-61(48)60(47)63-51-29-35(19-23-41(51)49-30-36-10-2-3-11-37(36)31-52(49)63)28-50(40)59(38-20-24-44-42-12-4-7-15-53(42)64-55(44)32-38)62-58(34)39-21-25-46-45-14-6-9-17-56(45)66-57(46)33-39/h2-17,19-27,29-34H,18,28H2,1H3/b40-22?,59-50-,62-58?. The van der Waals surface area contributed by atoms with Crippen LogP contribution < -0.4 is 0 Å². The molecule has 13 aromatic rings. The average molecular weight is 863 g/mol. The third kappa shape index (κ3) is 5.17. The molecule has 0 saturated carbocycles. The topological polar surface area (TPSA) is 43.6 Å². The fraction of sp³-hybridized carbons (Fsp3) is 0.0656. The molecule has 5 heteroatoms. The number of hydrogen-bond acceptors (Lipinski definition) is 4. The molecule has 0 spiro atoms. The molecular weight excluding hydrogens is 825 g/mol. The van der Waals surface area contributed by atoms with Crippen LogP contribution in [-0.4, -0.2) is 10.3 Å². The minimum atomic E-state index is 0.105. The Labute approximate surface area is 382 Å². The van der Waals surface area contributed by atoms with Gasteiger partial charge in [0, 0.05) is 76.0 Å². The van der Waals surface area contributed by atoms with Gasteiger partial charge < -0.3 is 13.4 Å². The van der Waals surface area contributed by atoms with Crippen molar-refractivity contribution in [2.75, 3.05) is 0 Å². The van der Waals surface area contributed by atoms with Crippen molar-refractivity contribution in [3.05, 3.63) is 210 Å². The van der Waals surface area contributed by atoms with Crippen LogP contribution in [0.4, 0.5) is 0 Å². The van der Waals surface area contributed by atoms with Crippen LogP contribution in [0.25, 0.3) is 114 Å². The molecule has 9 aromatic carbocycles. The molecule has 15 rings (SSSR count). The highest BCUT2D eigenvalue weighted by atomic mass is 32.1. The van der Waals surface area contributed by atoms with Gasteiger partial charge in [0.15, 0.2) is 5.58 Å².